The first-order chi connectivity index (χ1) is 8.72. The fraction of sp³-hybridized carbons (Fsp3) is 0.154. The van der Waals surface area contributed by atoms with Crippen LogP contribution in [0.25, 0.3) is 0 Å². The van der Waals surface area contributed by atoms with Crippen LogP contribution in [0.4, 0.5) is 0 Å². The van der Waals surface area contributed by atoms with E-state index in [1.165, 1.54) is 6.20 Å². The van der Waals surface area contributed by atoms with Crippen LogP contribution in [0.2, 0.25) is 5.02 Å². The Balaban J connectivity index is 2.22. The van der Waals surface area contributed by atoms with Crippen LogP contribution in [0.1, 0.15) is 5.56 Å². The molecule has 0 spiro atoms. The van der Waals surface area contributed by atoms with Crippen molar-refractivity contribution in [1.29, 1.82) is 0 Å². The molecule has 1 aromatic carbocycles. The van der Waals surface area contributed by atoms with Crippen molar-refractivity contribution in [1.82, 2.24) is 4.98 Å². The van der Waals surface area contributed by atoms with Gasteiger partial charge in [0, 0.05) is 24.9 Å². The Bertz CT molecular complexity index is 546. The number of nitrogens with zero attached hydrogens (tertiary/aromatic N) is 1. The first kappa shape index (κ1) is 12.7. The predicted molar refractivity (Wildman–Crippen MR) is 70.2 cm³/mol. The van der Waals surface area contributed by atoms with Crippen molar-refractivity contribution < 1.29 is 9.47 Å². The van der Waals surface area contributed by atoms with Gasteiger partial charge in [0.15, 0.2) is 0 Å². The van der Waals surface area contributed by atoms with Gasteiger partial charge in [-0.25, -0.2) is 4.98 Å². The summed E-state index contributed by atoms with van der Waals surface area (Å²) in [6, 6.07) is 9.00. The molecule has 0 radical (unpaired) electrons. The molecule has 0 aliphatic heterocycles. The topological polar surface area (TPSA) is 57.4 Å². The van der Waals surface area contributed by atoms with E-state index in [-0.39, 0.29) is 0 Å². The number of hydrogen-bond acceptors (Lipinski definition) is 4. The average Bonchev–Trinajstić information content (AvgIpc) is 2.41. The van der Waals surface area contributed by atoms with Gasteiger partial charge in [0.1, 0.15) is 11.5 Å². The van der Waals surface area contributed by atoms with Gasteiger partial charge in [-0.1, -0.05) is 17.7 Å². The lowest BCUT2D eigenvalue weighted by Crippen LogP contribution is -1.99. The smallest absolute Gasteiger partial charge is 0.219 e. The second-order valence-corrected chi connectivity index (χ2v) is 4.01. The summed E-state index contributed by atoms with van der Waals surface area (Å²) in [4.78, 5) is 4.09. The highest BCUT2D eigenvalue weighted by atomic mass is 35.5. The molecular formula is C13H13ClN2O2. The molecule has 0 aliphatic rings. The Hall–Kier alpha value is -1.78. The van der Waals surface area contributed by atoms with Crippen LogP contribution in [-0.4, -0.2) is 12.1 Å². The first-order valence-corrected chi connectivity index (χ1v) is 5.77. The summed E-state index contributed by atoms with van der Waals surface area (Å²) >= 11 is 5.93. The van der Waals surface area contributed by atoms with Crippen molar-refractivity contribution >= 4 is 11.6 Å². The lowest BCUT2D eigenvalue weighted by Gasteiger charge is -2.08. The lowest BCUT2D eigenvalue weighted by atomic mass is 10.2. The summed E-state index contributed by atoms with van der Waals surface area (Å²) in [5, 5.41) is 0.537. The summed E-state index contributed by atoms with van der Waals surface area (Å²) in [7, 11) is 1.60. The number of methoxy groups -OCH3 is 1. The Morgan fingerprint density at radius 3 is 2.78 bits per heavy atom. The van der Waals surface area contributed by atoms with E-state index >= 15 is 0 Å². The quantitative estimate of drug-likeness (QED) is 0.922. The number of pyridine rings is 1. The van der Waals surface area contributed by atoms with Gasteiger partial charge in [0.25, 0.3) is 0 Å². The standard InChI is InChI=1S/C13H13ClN2O2/c1-17-10-3-2-4-11(6-10)18-13-5-9(7-15)12(14)8-16-13/h2-6,8H,7,15H2,1H3. The molecule has 4 nitrogen and oxygen atoms in total. The number of aromatic nitrogens is 1. The Labute approximate surface area is 110 Å². The van der Waals surface area contributed by atoms with E-state index in [1.54, 1.807) is 19.2 Å². The number of halogens is 1. The van der Waals surface area contributed by atoms with Crippen LogP contribution in [0.3, 0.4) is 0 Å². The predicted octanol–water partition coefficient (Wildman–Crippen LogP) is 2.99. The summed E-state index contributed by atoms with van der Waals surface area (Å²) < 4.78 is 10.7. The van der Waals surface area contributed by atoms with Crippen molar-refractivity contribution in [2.45, 2.75) is 6.54 Å². The van der Waals surface area contributed by atoms with E-state index in [9.17, 15) is 0 Å². The van der Waals surface area contributed by atoms with E-state index in [0.717, 1.165) is 11.3 Å². The molecule has 0 bridgehead atoms. The van der Waals surface area contributed by atoms with E-state index in [0.29, 0.717) is 23.2 Å². The van der Waals surface area contributed by atoms with Gasteiger partial charge in [-0.15, -0.1) is 0 Å². The molecule has 2 aromatic rings. The van der Waals surface area contributed by atoms with Gasteiger partial charge < -0.3 is 15.2 Å². The fourth-order valence-corrected chi connectivity index (χ4v) is 1.64. The lowest BCUT2D eigenvalue weighted by molar-refractivity contribution is 0.407. The van der Waals surface area contributed by atoms with Gasteiger partial charge in [-0.05, 0) is 17.7 Å². The zero-order valence-electron chi connectivity index (χ0n) is 9.89. The maximum absolute atomic E-state index is 5.93. The molecule has 0 aliphatic carbocycles. The minimum Gasteiger partial charge on any atom is -0.497 e. The van der Waals surface area contributed by atoms with Crippen LogP contribution in [0.15, 0.2) is 36.5 Å². The second-order valence-electron chi connectivity index (χ2n) is 3.60. The minimum atomic E-state index is 0.343. The van der Waals surface area contributed by atoms with Gasteiger partial charge in [0.05, 0.1) is 12.1 Å². The molecule has 94 valence electrons. The monoisotopic (exact) mass is 264 g/mol. The molecule has 0 unspecified atom stereocenters. The van der Waals surface area contributed by atoms with E-state index < -0.39 is 0 Å². The zero-order valence-corrected chi connectivity index (χ0v) is 10.6. The van der Waals surface area contributed by atoms with Gasteiger partial charge in [-0.2, -0.15) is 0 Å². The number of nitrogens with two attached hydrogens (primary N) is 1. The summed E-state index contributed by atoms with van der Waals surface area (Å²) in [5.74, 6) is 1.82. The minimum absolute atomic E-state index is 0.343. The molecule has 5 heteroatoms. The molecule has 18 heavy (non-hydrogen) atoms. The van der Waals surface area contributed by atoms with Crippen molar-refractivity contribution in [3.05, 3.63) is 47.1 Å². The maximum Gasteiger partial charge on any atom is 0.219 e. The molecule has 0 amide bonds. The van der Waals surface area contributed by atoms with Crippen LogP contribution < -0.4 is 15.2 Å². The molecule has 0 saturated heterocycles. The van der Waals surface area contributed by atoms with Gasteiger partial charge in [-0.3, -0.25) is 0 Å². The molecule has 2 rings (SSSR count). The highest BCUT2D eigenvalue weighted by Gasteiger charge is 2.04. The highest BCUT2D eigenvalue weighted by Crippen LogP contribution is 2.26. The van der Waals surface area contributed by atoms with Crippen molar-refractivity contribution in [2.75, 3.05) is 7.11 Å². The first-order valence-electron chi connectivity index (χ1n) is 5.39. The highest BCUT2D eigenvalue weighted by molar-refractivity contribution is 6.31. The van der Waals surface area contributed by atoms with Gasteiger partial charge >= 0.3 is 0 Å². The summed E-state index contributed by atoms with van der Waals surface area (Å²) in [5.41, 5.74) is 6.37. The molecule has 1 heterocycles. The molecule has 0 atom stereocenters. The Morgan fingerprint density at radius 1 is 1.28 bits per heavy atom. The third-order valence-electron chi connectivity index (χ3n) is 2.39. The molecule has 1 aromatic heterocycles. The van der Waals surface area contributed by atoms with Crippen LogP contribution in [0.5, 0.6) is 17.4 Å². The fourth-order valence-electron chi connectivity index (χ4n) is 1.46. The molecule has 0 saturated carbocycles. The molecule has 0 fully saturated rings. The summed E-state index contributed by atoms with van der Waals surface area (Å²) in [6.07, 6.45) is 1.53. The number of benzene rings is 1. The number of hydrogen-bond donors (Lipinski definition) is 1. The molecule has 2 N–H and O–H groups in total. The Kier molecular flexibility index (Phi) is 4.02. The number of ether oxygens (including phenoxy) is 2. The van der Waals surface area contributed by atoms with E-state index in [1.807, 2.05) is 18.2 Å². The van der Waals surface area contributed by atoms with E-state index in [2.05, 4.69) is 4.98 Å². The van der Waals surface area contributed by atoms with Gasteiger partial charge in [0.2, 0.25) is 5.88 Å². The third kappa shape index (κ3) is 2.91. The van der Waals surface area contributed by atoms with Crippen molar-refractivity contribution in [3.63, 3.8) is 0 Å². The van der Waals surface area contributed by atoms with Crippen LogP contribution >= 0.6 is 11.6 Å². The van der Waals surface area contributed by atoms with E-state index in [4.69, 9.17) is 26.8 Å². The average molecular weight is 265 g/mol. The van der Waals surface area contributed by atoms with Crippen molar-refractivity contribution in [3.8, 4) is 17.4 Å². The second kappa shape index (κ2) is 5.71. The van der Waals surface area contributed by atoms with Crippen LogP contribution in [0, 0.1) is 0 Å². The SMILES string of the molecule is COc1cccc(Oc2cc(CN)c(Cl)cn2)c1. The maximum atomic E-state index is 5.93. The zero-order chi connectivity index (χ0) is 13.0. The number of rotatable bonds is 4. The van der Waals surface area contributed by atoms with Crippen molar-refractivity contribution in [2.24, 2.45) is 5.73 Å². The third-order valence-corrected chi connectivity index (χ3v) is 2.73. The largest absolute Gasteiger partial charge is 0.497 e. The molecular weight excluding hydrogens is 252 g/mol. The van der Waals surface area contributed by atoms with Crippen LogP contribution in [-0.2, 0) is 6.54 Å². The summed E-state index contributed by atoms with van der Waals surface area (Å²) in [6.45, 7) is 0.343. The Morgan fingerprint density at radius 2 is 2.06 bits per heavy atom. The normalized spacial score (nSPS) is 10.2.